The Morgan fingerprint density at radius 1 is 0.840 bits per heavy atom. The smallest absolute Gasteiger partial charge is 0.258 e. The number of pyridine rings is 2. The van der Waals surface area contributed by atoms with E-state index in [9.17, 15) is 10.1 Å². The number of non-ortho nitro benzene ring substituents is 1. The van der Waals surface area contributed by atoms with Crippen LogP contribution in [-0.4, -0.2) is 14.9 Å². The highest BCUT2D eigenvalue weighted by atomic mass is 35.6. The number of hydrogen-bond acceptors (Lipinski definition) is 4. The first-order chi connectivity index (χ1) is 11.5. The fraction of sp³-hybridized carbons (Fsp3) is 0.143. The zero-order chi connectivity index (χ0) is 18.6. The summed E-state index contributed by atoms with van der Waals surface area (Å²) in [4.78, 5) is 19.4. The first-order valence-corrected chi connectivity index (χ1v) is 8.78. The van der Waals surface area contributed by atoms with Crippen LogP contribution in [0.25, 0.3) is 21.8 Å². The van der Waals surface area contributed by atoms with Crippen LogP contribution in [0.15, 0.2) is 30.3 Å². The Kier molecular flexibility index (Phi) is 4.86. The van der Waals surface area contributed by atoms with Crippen LogP contribution in [0.1, 0.15) is 11.4 Å². The lowest BCUT2D eigenvalue weighted by atomic mass is 10.1. The second kappa shape index (κ2) is 6.41. The highest BCUT2D eigenvalue weighted by molar-refractivity contribution is 6.67. The van der Waals surface area contributed by atoms with Gasteiger partial charge in [-0.05, 0) is 18.2 Å². The Bertz CT molecular complexity index is 1010. The Balaban J connectivity index is 2.47. The van der Waals surface area contributed by atoms with Gasteiger partial charge in [0.05, 0.1) is 27.2 Å². The van der Waals surface area contributed by atoms with Gasteiger partial charge in [0, 0.05) is 11.5 Å². The van der Waals surface area contributed by atoms with Crippen molar-refractivity contribution in [2.75, 3.05) is 0 Å². The fourth-order valence-electron chi connectivity index (χ4n) is 2.31. The van der Waals surface area contributed by atoms with Gasteiger partial charge in [0.15, 0.2) is 0 Å². The van der Waals surface area contributed by atoms with Crippen LogP contribution in [0.3, 0.4) is 0 Å². The van der Waals surface area contributed by atoms with Crippen LogP contribution in [0.4, 0.5) is 5.69 Å². The third-order valence-electron chi connectivity index (χ3n) is 3.39. The maximum atomic E-state index is 11.4. The van der Waals surface area contributed by atoms with Crippen LogP contribution in [0.2, 0.25) is 0 Å². The maximum absolute atomic E-state index is 11.4. The molecule has 0 N–H and O–H groups in total. The summed E-state index contributed by atoms with van der Waals surface area (Å²) < 4.78 is -3.58. The molecule has 0 spiro atoms. The van der Waals surface area contributed by atoms with E-state index in [1.165, 1.54) is 24.3 Å². The topological polar surface area (TPSA) is 68.9 Å². The fourth-order valence-corrected chi connectivity index (χ4v) is 2.95. The summed E-state index contributed by atoms with van der Waals surface area (Å²) >= 11 is 35.2. The van der Waals surface area contributed by atoms with E-state index >= 15 is 0 Å². The lowest BCUT2D eigenvalue weighted by Gasteiger charge is -2.14. The molecule has 0 saturated heterocycles. The third-order valence-corrected chi connectivity index (χ3v) is 4.55. The first-order valence-electron chi connectivity index (χ1n) is 6.52. The van der Waals surface area contributed by atoms with Crippen LogP contribution in [0.5, 0.6) is 0 Å². The number of aromatic nitrogens is 2. The highest BCUT2D eigenvalue weighted by Crippen LogP contribution is 2.41. The number of halogens is 6. The summed E-state index contributed by atoms with van der Waals surface area (Å²) in [6.45, 7) is 0. The molecule has 5 nitrogen and oxygen atoms in total. The molecule has 0 atom stereocenters. The predicted molar refractivity (Wildman–Crippen MR) is 102 cm³/mol. The molecular weight excluding hydrogens is 455 g/mol. The largest absolute Gasteiger partial charge is 0.279 e. The molecule has 0 aliphatic heterocycles. The number of nitro groups is 1. The molecule has 0 aliphatic rings. The van der Waals surface area contributed by atoms with Gasteiger partial charge in [0.2, 0.25) is 7.59 Å². The molecule has 130 valence electrons. The maximum Gasteiger partial charge on any atom is 0.279 e. The van der Waals surface area contributed by atoms with Crippen molar-refractivity contribution in [3.05, 3.63) is 51.8 Å². The van der Waals surface area contributed by atoms with Gasteiger partial charge in [-0.15, -0.1) is 0 Å². The molecule has 2 aromatic heterocycles. The number of fused-ring (bicyclic) bond motifs is 3. The number of nitrogens with zero attached hydrogens (tertiary/aromatic N) is 3. The second-order valence-electron chi connectivity index (χ2n) is 5.01. The van der Waals surface area contributed by atoms with Gasteiger partial charge in [0.25, 0.3) is 5.69 Å². The molecule has 25 heavy (non-hydrogen) atoms. The van der Waals surface area contributed by atoms with E-state index < -0.39 is 12.5 Å². The Hall–Kier alpha value is -0.820. The lowest BCUT2D eigenvalue weighted by Crippen LogP contribution is -2.06. The van der Waals surface area contributed by atoms with Crippen molar-refractivity contribution in [2.24, 2.45) is 0 Å². The van der Waals surface area contributed by atoms with E-state index in [-0.39, 0.29) is 28.0 Å². The number of hydrogen-bond donors (Lipinski definition) is 0. The molecule has 2 heterocycles. The van der Waals surface area contributed by atoms with E-state index in [0.29, 0.717) is 10.9 Å². The van der Waals surface area contributed by atoms with Gasteiger partial charge in [-0.25, -0.2) is 9.97 Å². The number of benzene rings is 1. The van der Waals surface area contributed by atoms with E-state index in [1.807, 2.05) is 0 Å². The second-order valence-corrected chi connectivity index (χ2v) is 9.57. The van der Waals surface area contributed by atoms with Gasteiger partial charge < -0.3 is 0 Å². The molecule has 11 heteroatoms. The quantitative estimate of drug-likeness (QED) is 0.184. The zero-order valence-corrected chi connectivity index (χ0v) is 16.3. The molecule has 0 bridgehead atoms. The van der Waals surface area contributed by atoms with Gasteiger partial charge in [-0.2, -0.15) is 0 Å². The standard InChI is InChI=1S/C14H5Cl6N3O2/c15-13(16,17)9-3-1-6-5-8(23(24)25)7-2-4-10(14(18,19)20)22-12(7)11(6)21-9/h1-5H. The molecule has 0 radical (unpaired) electrons. The van der Waals surface area contributed by atoms with E-state index in [1.54, 1.807) is 6.07 Å². The summed E-state index contributed by atoms with van der Waals surface area (Å²) in [6, 6.07) is 7.22. The van der Waals surface area contributed by atoms with Gasteiger partial charge >= 0.3 is 0 Å². The van der Waals surface area contributed by atoms with Crippen molar-refractivity contribution in [1.82, 2.24) is 9.97 Å². The van der Waals surface area contributed by atoms with Gasteiger partial charge in [-0.1, -0.05) is 75.7 Å². The number of nitro benzene ring substituents is 1. The monoisotopic (exact) mass is 457 g/mol. The first kappa shape index (κ1) is 19.0. The molecule has 0 fully saturated rings. The van der Waals surface area contributed by atoms with E-state index in [2.05, 4.69) is 9.97 Å². The minimum atomic E-state index is -1.81. The molecule has 3 rings (SSSR count). The minimum absolute atomic E-state index is 0.0906. The third kappa shape index (κ3) is 3.68. The van der Waals surface area contributed by atoms with Crippen molar-refractivity contribution >= 4 is 97.1 Å². The van der Waals surface area contributed by atoms with Crippen LogP contribution in [-0.2, 0) is 7.59 Å². The average molecular weight is 460 g/mol. The molecule has 3 aromatic rings. The molecule has 0 unspecified atom stereocenters. The van der Waals surface area contributed by atoms with Crippen molar-refractivity contribution in [3.63, 3.8) is 0 Å². The van der Waals surface area contributed by atoms with E-state index in [0.717, 1.165) is 0 Å². The summed E-state index contributed by atoms with van der Waals surface area (Å²) in [6.07, 6.45) is 0. The van der Waals surface area contributed by atoms with Crippen molar-refractivity contribution in [3.8, 4) is 0 Å². The Labute approximate surface area is 170 Å². The number of rotatable bonds is 1. The summed E-state index contributed by atoms with van der Waals surface area (Å²) in [5.41, 5.74) is 0.535. The highest BCUT2D eigenvalue weighted by Gasteiger charge is 2.28. The van der Waals surface area contributed by atoms with Crippen LogP contribution >= 0.6 is 69.6 Å². The predicted octanol–water partition coefficient (Wildman–Crippen LogP) is 6.34. The summed E-state index contributed by atoms with van der Waals surface area (Å²) in [5.74, 6) is 0. The van der Waals surface area contributed by atoms with E-state index in [4.69, 9.17) is 69.6 Å². The number of alkyl halides is 6. The minimum Gasteiger partial charge on any atom is -0.258 e. The molecule has 0 saturated carbocycles. The lowest BCUT2D eigenvalue weighted by molar-refractivity contribution is -0.382. The van der Waals surface area contributed by atoms with Crippen molar-refractivity contribution in [1.29, 1.82) is 0 Å². The summed E-state index contributed by atoms with van der Waals surface area (Å²) in [7, 11) is 0. The molecular formula is C14H5Cl6N3O2. The van der Waals surface area contributed by atoms with Crippen LogP contribution in [0, 0.1) is 10.1 Å². The van der Waals surface area contributed by atoms with Crippen LogP contribution < -0.4 is 0 Å². The van der Waals surface area contributed by atoms with Crippen molar-refractivity contribution < 1.29 is 4.92 Å². The van der Waals surface area contributed by atoms with Gasteiger partial charge in [-0.3, -0.25) is 10.1 Å². The Morgan fingerprint density at radius 2 is 1.36 bits per heavy atom. The zero-order valence-electron chi connectivity index (χ0n) is 11.8. The molecule has 0 aliphatic carbocycles. The van der Waals surface area contributed by atoms with Gasteiger partial charge in [0.1, 0.15) is 5.52 Å². The summed E-state index contributed by atoms with van der Waals surface area (Å²) in [5, 5.41) is 12.0. The molecule has 0 amide bonds. The normalized spacial score (nSPS) is 12.7. The SMILES string of the molecule is O=[N+]([O-])c1cc2ccc(C(Cl)(Cl)Cl)nc2c2nc(C(Cl)(Cl)Cl)ccc12. The van der Waals surface area contributed by atoms with Crippen molar-refractivity contribution in [2.45, 2.75) is 7.59 Å². The Morgan fingerprint density at radius 3 is 1.88 bits per heavy atom. The molecule has 1 aromatic carbocycles. The average Bonchev–Trinajstić information content (AvgIpc) is 2.51.